The van der Waals surface area contributed by atoms with Crippen molar-refractivity contribution < 1.29 is 19.4 Å². The van der Waals surface area contributed by atoms with Gasteiger partial charge >= 0.3 is 5.97 Å². The number of carbonyl (C=O) groups excluding carboxylic acids is 1. The van der Waals surface area contributed by atoms with E-state index in [1.807, 2.05) is 31.7 Å². The number of rotatable bonds is 6. The Hall–Kier alpha value is -2.76. The Morgan fingerprint density at radius 1 is 1.29 bits per heavy atom. The summed E-state index contributed by atoms with van der Waals surface area (Å²) in [4.78, 5) is 46.0. The van der Waals surface area contributed by atoms with Crippen LogP contribution in [0.1, 0.15) is 37.8 Å². The van der Waals surface area contributed by atoms with Gasteiger partial charge < -0.3 is 14.7 Å². The minimum absolute atomic E-state index is 0.0395. The highest BCUT2D eigenvalue weighted by molar-refractivity contribution is 8.26. The monoisotopic (exact) mass is 502 g/mol. The molecular formula is C23H26N4O5S2. The van der Waals surface area contributed by atoms with Crippen molar-refractivity contribution in [3.8, 4) is 0 Å². The molecule has 0 saturated carbocycles. The van der Waals surface area contributed by atoms with Crippen molar-refractivity contribution in [2.24, 2.45) is 0 Å². The summed E-state index contributed by atoms with van der Waals surface area (Å²) in [6.07, 6.45) is 3.46. The van der Waals surface area contributed by atoms with Crippen LogP contribution in [0.5, 0.6) is 0 Å². The zero-order valence-electron chi connectivity index (χ0n) is 19.2. The maximum absolute atomic E-state index is 13.6. The third-order valence-electron chi connectivity index (χ3n) is 5.63. The lowest BCUT2D eigenvalue weighted by atomic mass is 10.1. The van der Waals surface area contributed by atoms with Crippen LogP contribution in [0.2, 0.25) is 0 Å². The Kier molecular flexibility index (Phi) is 7.06. The second kappa shape index (κ2) is 9.85. The lowest BCUT2D eigenvalue weighted by Crippen LogP contribution is -2.46. The van der Waals surface area contributed by atoms with Gasteiger partial charge in [-0.1, -0.05) is 30.0 Å². The summed E-state index contributed by atoms with van der Waals surface area (Å²) in [5, 5.41) is 8.88. The number of hydrogen-bond donors (Lipinski definition) is 1. The maximum Gasteiger partial charge on any atom is 0.303 e. The number of morpholine rings is 1. The number of ether oxygens (including phenoxy) is 1. The molecule has 2 atom stereocenters. The molecule has 2 aliphatic heterocycles. The Labute approximate surface area is 206 Å². The van der Waals surface area contributed by atoms with E-state index in [4.69, 9.17) is 27.0 Å². The number of anilines is 1. The first kappa shape index (κ1) is 24.4. The highest BCUT2D eigenvalue weighted by Gasteiger charge is 2.33. The Morgan fingerprint density at radius 3 is 2.68 bits per heavy atom. The van der Waals surface area contributed by atoms with Gasteiger partial charge in [-0.25, -0.2) is 4.98 Å². The number of carbonyl (C=O) groups is 2. The molecule has 180 valence electrons. The van der Waals surface area contributed by atoms with Crippen molar-refractivity contribution in [2.75, 3.05) is 24.5 Å². The fourth-order valence-corrected chi connectivity index (χ4v) is 5.47. The molecule has 1 amide bonds. The van der Waals surface area contributed by atoms with Crippen LogP contribution in [-0.2, 0) is 14.3 Å². The van der Waals surface area contributed by atoms with E-state index in [-0.39, 0.29) is 36.6 Å². The molecule has 4 rings (SSSR count). The van der Waals surface area contributed by atoms with Crippen LogP contribution in [0.4, 0.5) is 5.82 Å². The Morgan fingerprint density at radius 2 is 2.00 bits per heavy atom. The molecule has 9 nitrogen and oxygen atoms in total. The van der Waals surface area contributed by atoms with Gasteiger partial charge in [0.15, 0.2) is 0 Å². The van der Waals surface area contributed by atoms with E-state index in [2.05, 4.69) is 0 Å². The Balaban J connectivity index is 1.78. The number of aryl methyl sites for hydroxylation is 1. The predicted octanol–water partition coefficient (Wildman–Crippen LogP) is 2.68. The zero-order chi connectivity index (χ0) is 24.6. The van der Waals surface area contributed by atoms with Gasteiger partial charge in [-0.15, -0.1) is 0 Å². The molecule has 34 heavy (non-hydrogen) atoms. The number of aromatic nitrogens is 2. The minimum atomic E-state index is -0.926. The molecule has 0 bridgehead atoms. The quantitative estimate of drug-likeness (QED) is 0.471. The number of fused-ring (bicyclic) bond motifs is 1. The largest absolute Gasteiger partial charge is 0.481 e. The second-order valence-corrected chi connectivity index (χ2v) is 10.3. The van der Waals surface area contributed by atoms with Gasteiger partial charge in [-0.3, -0.25) is 23.7 Å². The summed E-state index contributed by atoms with van der Waals surface area (Å²) < 4.78 is 7.69. The number of thioether (sulfide) groups is 1. The van der Waals surface area contributed by atoms with Gasteiger partial charge in [-0.2, -0.15) is 0 Å². The average molecular weight is 503 g/mol. The van der Waals surface area contributed by atoms with Crippen LogP contribution in [0.15, 0.2) is 28.0 Å². The van der Waals surface area contributed by atoms with Crippen molar-refractivity contribution >= 4 is 57.7 Å². The van der Waals surface area contributed by atoms with Gasteiger partial charge in [0, 0.05) is 32.3 Å². The molecule has 2 unspecified atom stereocenters. The molecular weight excluding hydrogens is 476 g/mol. The third-order valence-corrected chi connectivity index (χ3v) is 7.00. The van der Waals surface area contributed by atoms with Crippen LogP contribution in [-0.4, -0.2) is 67.4 Å². The van der Waals surface area contributed by atoms with E-state index in [1.165, 1.54) is 9.30 Å². The molecule has 0 radical (unpaired) electrons. The van der Waals surface area contributed by atoms with Crippen LogP contribution in [0, 0.1) is 6.92 Å². The highest BCUT2D eigenvalue weighted by atomic mass is 32.2. The standard InChI is InChI=1S/C23H26N4O5S2/c1-13-6-7-18-24-20(25-11-14(2)32-15(3)12-25)16(21(30)27(18)10-13)9-17-22(31)26(23(33)34-17)8-4-5-19(28)29/h6-7,9-10,14-15H,4-5,8,11-12H2,1-3H3,(H,28,29)/b17-9+. The van der Waals surface area contributed by atoms with Crippen molar-refractivity contribution in [3.63, 3.8) is 0 Å². The van der Waals surface area contributed by atoms with E-state index in [0.717, 1.165) is 17.3 Å². The molecule has 0 aromatic carbocycles. The van der Waals surface area contributed by atoms with Crippen LogP contribution >= 0.6 is 24.0 Å². The van der Waals surface area contributed by atoms with Crippen molar-refractivity contribution in [1.29, 1.82) is 0 Å². The number of hydrogen-bond acceptors (Lipinski definition) is 8. The SMILES string of the molecule is Cc1ccc2nc(N3CC(C)OC(C)C3)c(/C=C3/SC(=S)N(CCCC(=O)O)C3=O)c(=O)n2c1. The van der Waals surface area contributed by atoms with Gasteiger partial charge in [0.2, 0.25) is 0 Å². The van der Waals surface area contributed by atoms with Crippen molar-refractivity contribution in [3.05, 3.63) is 44.7 Å². The third kappa shape index (κ3) is 5.01. The number of pyridine rings is 1. The van der Waals surface area contributed by atoms with Crippen LogP contribution < -0.4 is 10.5 Å². The zero-order valence-corrected chi connectivity index (χ0v) is 20.8. The first-order valence-corrected chi connectivity index (χ1v) is 12.3. The summed E-state index contributed by atoms with van der Waals surface area (Å²) >= 11 is 6.47. The molecule has 2 aromatic heterocycles. The van der Waals surface area contributed by atoms with Gasteiger partial charge in [0.1, 0.15) is 15.8 Å². The lowest BCUT2D eigenvalue weighted by Gasteiger charge is -2.36. The topological polar surface area (TPSA) is 104 Å². The van der Waals surface area contributed by atoms with E-state index < -0.39 is 5.97 Å². The molecule has 2 fully saturated rings. The summed E-state index contributed by atoms with van der Waals surface area (Å²) in [5.74, 6) is -0.749. The maximum atomic E-state index is 13.6. The highest BCUT2D eigenvalue weighted by Crippen LogP contribution is 2.34. The number of amides is 1. The second-order valence-electron chi connectivity index (χ2n) is 8.58. The van der Waals surface area contributed by atoms with Crippen LogP contribution in [0.3, 0.4) is 0 Å². The van der Waals surface area contributed by atoms with Gasteiger partial charge in [-0.05, 0) is 44.9 Å². The molecule has 1 N–H and O–H groups in total. The summed E-state index contributed by atoms with van der Waals surface area (Å²) in [6.45, 7) is 7.19. The number of carboxylic acid groups (broad SMARTS) is 1. The fraction of sp³-hybridized carbons (Fsp3) is 0.435. The van der Waals surface area contributed by atoms with Gasteiger partial charge in [0.05, 0.1) is 22.7 Å². The molecule has 0 spiro atoms. The molecule has 2 aromatic rings. The molecule has 2 saturated heterocycles. The molecule has 4 heterocycles. The lowest BCUT2D eigenvalue weighted by molar-refractivity contribution is -0.137. The van der Waals surface area contributed by atoms with Gasteiger partial charge in [0.25, 0.3) is 11.5 Å². The molecule has 2 aliphatic rings. The number of thiocarbonyl (C=S) groups is 1. The molecule has 0 aliphatic carbocycles. The number of carboxylic acids is 1. The first-order chi connectivity index (χ1) is 16.1. The van der Waals surface area contributed by atoms with E-state index in [9.17, 15) is 14.4 Å². The first-order valence-electron chi connectivity index (χ1n) is 11.0. The van der Waals surface area contributed by atoms with Crippen molar-refractivity contribution in [2.45, 2.75) is 45.8 Å². The minimum Gasteiger partial charge on any atom is -0.481 e. The predicted molar refractivity (Wildman–Crippen MR) is 135 cm³/mol. The Bertz CT molecular complexity index is 1250. The smallest absolute Gasteiger partial charge is 0.303 e. The van der Waals surface area contributed by atoms with Crippen molar-refractivity contribution in [1.82, 2.24) is 14.3 Å². The summed E-state index contributed by atoms with van der Waals surface area (Å²) in [5.41, 5.74) is 1.48. The van der Waals surface area contributed by atoms with Crippen LogP contribution in [0.25, 0.3) is 11.7 Å². The number of nitrogens with zero attached hydrogens (tertiary/aromatic N) is 4. The normalized spacial score (nSPS) is 22.3. The van der Waals surface area contributed by atoms with E-state index in [1.54, 1.807) is 18.3 Å². The summed E-state index contributed by atoms with van der Waals surface area (Å²) in [7, 11) is 0. The fourth-order valence-electron chi connectivity index (χ4n) is 4.18. The number of aliphatic carboxylic acids is 1. The van der Waals surface area contributed by atoms with E-state index in [0.29, 0.717) is 45.8 Å². The van der Waals surface area contributed by atoms with E-state index >= 15 is 0 Å². The average Bonchev–Trinajstić information content (AvgIpc) is 3.02. The summed E-state index contributed by atoms with van der Waals surface area (Å²) in [6, 6.07) is 3.71. The molecule has 11 heteroatoms.